The topological polar surface area (TPSA) is 95.1 Å². The molecule has 0 radical (unpaired) electrons. The van der Waals surface area contributed by atoms with Crippen molar-refractivity contribution >= 4 is 17.5 Å². The number of rotatable bonds is 15. The van der Waals surface area contributed by atoms with Crippen molar-refractivity contribution in [3.8, 4) is 11.5 Å². The van der Waals surface area contributed by atoms with Crippen LogP contribution in [-0.4, -0.2) is 51.5 Å². The number of amides is 2. The summed E-state index contributed by atoms with van der Waals surface area (Å²) in [4.78, 5) is 24.1. The van der Waals surface area contributed by atoms with Crippen molar-refractivity contribution in [1.29, 1.82) is 0 Å². The van der Waals surface area contributed by atoms with Gasteiger partial charge in [-0.2, -0.15) is 0 Å². The maximum atomic E-state index is 12.1. The minimum absolute atomic E-state index is 0.0557. The van der Waals surface area contributed by atoms with E-state index < -0.39 is 0 Å². The Morgan fingerprint density at radius 2 is 1.20 bits per heavy atom. The van der Waals surface area contributed by atoms with Gasteiger partial charge in [0.05, 0.1) is 13.2 Å². The average molecular weight is 479 g/mol. The van der Waals surface area contributed by atoms with E-state index in [1.165, 1.54) is 0 Å². The molecular formula is C27H30N2O6. The first-order chi connectivity index (χ1) is 17.2. The molecule has 3 aromatic carbocycles. The highest BCUT2D eigenvalue weighted by atomic mass is 16.5. The van der Waals surface area contributed by atoms with Crippen LogP contribution in [0.1, 0.15) is 5.56 Å². The first-order valence-electron chi connectivity index (χ1n) is 11.4. The highest BCUT2D eigenvalue weighted by Crippen LogP contribution is 2.11. The van der Waals surface area contributed by atoms with Crippen LogP contribution in [0.15, 0.2) is 84.9 Å². The molecule has 0 atom stereocenters. The lowest BCUT2D eigenvalue weighted by Gasteiger charge is -2.10. The molecule has 0 heterocycles. The Morgan fingerprint density at radius 1 is 0.629 bits per heavy atom. The minimum Gasteiger partial charge on any atom is -0.491 e. The number of hydrogen-bond acceptors (Lipinski definition) is 6. The van der Waals surface area contributed by atoms with Gasteiger partial charge in [0, 0.05) is 12.2 Å². The van der Waals surface area contributed by atoms with Gasteiger partial charge in [0.2, 0.25) is 11.8 Å². The summed E-state index contributed by atoms with van der Waals surface area (Å²) in [6, 6.07) is 26.1. The molecule has 0 saturated heterocycles. The van der Waals surface area contributed by atoms with E-state index in [9.17, 15) is 9.59 Å². The molecule has 184 valence electrons. The molecule has 8 nitrogen and oxygen atoms in total. The lowest BCUT2D eigenvalue weighted by Crippen LogP contribution is -2.28. The summed E-state index contributed by atoms with van der Waals surface area (Å²) >= 11 is 0. The lowest BCUT2D eigenvalue weighted by molar-refractivity contribution is -0.126. The number of carbonyl (C=O) groups excluding carboxylic acids is 2. The molecule has 0 unspecified atom stereocenters. The molecule has 0 bridgehead atoms. The maximum absolute atomic E-state index is 12.1. The normalized spacial score (nSPS) is 10.4. The summed E-state index contributed by atoms with van der Waals surface area (Å²) in [5.41, 5.74) is 1.47. The van der Waals surface area contributed by atoms with Crippen LogP contribution in [0, 0.1) is 0 Å². The highest BCUT2D eigenvalue weighted by Gasteiger charge is 2.06. The van der Waals surface area contributed by atoms with Crippen molar-refractivity contribution in [1.82, 2.24) is 5.32 Å². The van der Waals surface area contributed by atoms with E-state index in [-0.39, 0.29) is 25.0 Å². The molecule has 0 spiro atoms. The summed E-state index contributed by atoms with van der Waals surface area (Å²) in [6.45, 7) is 1.52. The van der Waals surface area contributed by atoms with Gasteiger partial charge >= 0.3 is 0 Å². The number of ether oxygens (including phenoxy) is 4. The summed E-state index contributed by atoms with van der Waals surface area (Å²) in [6.07, 6.45) is 0. The van der Waals surface area contributed by atoms with Crippen molar-refractivity contribution < 1.29 is 28.5 Å². The van der Waals surface area contributed by atoms with Gasteiger partial charge in [-0.15, -0.1) is 0 Å². The summed E-state index contributed by atoms with van der Waals surface area (Å²) in [5.74, 6) is 1.02. The van der Waals surface area contributed by atoms with Crippen molar-refractivity contribution in [2.24, 2.45) is 0 Å². The number of nitrogens with one attached hydrogen (secondary N) is 2. The van der Waals surface area contributed by atoms with Gasteiger partial charge in [-0.05, 0) is 42.0 Å². The Hall–Kier alpha value is -3.88. The standard InChI is InChI=1S/C27H30N2O6/c30-26(20-32-14-16-34-24-10-3-1-4-11-24)28-19-22-8-7-9-23(18-22)29-27(31)21-33-15-17-35-25-12-5-2-6-13-25/h1-13,18H,14-17,19-21H2,(H,28,30)(H,29,31). The zero-order valence-electron chi connectivity index (χ0n) is 19.5. The van der Waals surface area contributed by atoms with Crippen LogP contribution in [0.4, 0.5) is 5.69 Å². The van der Waals surface area contributed by atoms with Gasteiger partial charge in [0.25, 0.3) is 0 Å². The fourth-order valence-corrected chi connectivity index (χ4v) is 3.01. The Balaban J connectivity index is 1.26. The number of benzene rings is 3. The second-order valence-electron chi connectivity index (χ2n) is 7.45. The molecule has 0 saturated carbocycles. The fourth-order valence-electron chi connectivity index (χ4n) is 3.01. The van der Waals surface area contributed by atoms with Crippen LogP contribution in [0.3, 0.4) is 0 Å². The molecule has 0 fully saturated rings. The average Bonchev–Trinajstić information content (AvgIpc) is 2.88. The molecule has 2 N–H and O–H groups in total. The first kappa shape index (κ1) is 25.7. The molecule has 35 heavy (non-hydrogen) atoms. The molecule has 3 aromatic rings. The Kier molecular flexibility index (Phi) is 11.1. The van der Waals surface area contributed by atoms with Gasteiger partial charge in [-0.25, -0.2) is 0 Å². The van der Waals surface area contributed by atoms with E-state index in [2.05, 4.69) is 10.6 Å². The third-order valence-electron chi connectivity index (χ3n) is 4.65. The van der Waals surface area contributed by atoms with Crippen molar-refractivity contribution in [3.63, 3.8) is 0 Å². The van der Waals surface area contributed by atoms with Gasteiger partial charge < -0.3 is 29.6 Å². The molecule has 8 heteroatoms. The fraction of sp³-hybridized carbons (Fsp3) is 0.259. The van der Waals surface area contributed by atoms with Crippen LogP contribution in [0.2, 0.25) is 0 Å². The predicted octanol–water partition coefficient (Wildman–Crippen LogP) is 3.43. The van der Waals surface area contributed by atoms with Crippen LogP contribution >= 0.6 is 0 Å². The summed E-state index contributed by atoms with van der Waals surface area (Å²) in [7, 11) is 0. The zero-order valence-corrected chi connectivity index (χ0v) is 19.5. The van der Waals surface area contributed by atoms with E-state index in [0.29, 0.717) is 38.7 Å². The number of carbonyl (C=O) groups is 2. The van der Waals surface area contributed by atoms with Crippen LogP contribution in [0.5, 0.6) is 11.5 Å². The number of para-hydroxylation sites is 2. The van der Waals surface area contributed by atoms with E-state index in [1.807, 2.05) is 72.8 Å². The monoisotopic (exact) mass is 478 g/mol. The molecule has 2 amide bonds. The van der Waals surface area contributed by atoms with Gasteiger partial charge in [-0.1, -0.05) is 48.5 Å². The second-order valence-corrected chi connectivity index (χ2v) is 7.45. The van der Waals surface area contributed by atoms with Gasteiger partial charge in [-0.3, -0.25) is 9.59 Å². The SMILES string of the molecule is O=C(COCCOc1ccccc1)NCc1cccc(NC(=O)COCCOc2ccccc2)c1. The van der Waals surface area contributed by atoms with Gasteiger partial charge in [0.1, 0.15) is 37.9 Å². The van der Waals surface area contributed by atoms with Crippen LogP contribution < -0.4 is 20.1 Å². The second kappa shape index (κ2) is 15.1. The summed E-state index contributed by atoms with van der Waals surface area (Å²) < 4.78 is 21.7. The Labute approximate surface area is 205 Å². The van der Waals surface area contributed by atoms with E-state index >= 15 is 0 Å². The van der Waals surface area contributed by atoms with E-state index in [4.69, 9.17) is 18.9 Å². The van der Waals surface area contributed by atoms with Crippen LogP contribution in [-0.2, 0) is 25.6 Å². The zero-order chi connectivity index (χ0) is 24.6. The third kappa shape index (κ3) is 10.7. The third-order valence-corrected chi connectivity index (χ3v) is 4.65. The summed E-state index contributed by atoms with van der Waals surface area (Å²) in [5, 5.41) is 5.58. The molecule has 3 rings (SSSR count). The van der Waals surface area contributed by atoms with Gasteiger partial charge in [0.15, 0.2) is 0 Å². The van der Waals surface area contributed by atoms with Crippen molar-refractivity contribution in [2.45, 2.75) is 6.54 Å². The first-order valence-corrected chi connectivity index (χ1v) is 11.4. The molecule has 0 aliphatic carbocycles. The predicted molar refractivity (Wildman–Crippen MR) is 132 cm³/mol. The quantitative estimate of drug-likeness (QED) is 0.325. The molecule has 0 aliphatic rings. The van der Waals surface area contributed by atoms with Crippen LogP contribution in [0.25, 0.3) is 0 Å². The number of anilines is 1. The van der Waals surface area contributed by atoms with E-state index in [1.54, 1.807) is 12.1 Å². The smallest absolute Gasteiger partial charge is 0.250 e. The Morgan fingerprint density at radius 3 is 1.80 bits per heavy atom. The lowest BCUT2D eigenvalue weighted by atomic mass is 10.2. The molecule has 0 aromatic heterocycles. The molecular weight excluding hydrogens is 448 g/mol. The molecule has 0 aliphatic heterocycles. The maximum Gasteiger partial charge on any atom is 0.250 e. The van der Waals surface area contributed by atoms with E-state index in [0.717, 1.165) is 17.1 Å². The highest BCUT2D eigenvalue weighted by molar-refractivity contribution is 5.91. The number of hydrogen-bond donors (Lipinski definition) is 2. The Bertz CT molecular complexity index is 1030. The minimum atomic E-state index is -0.267. The van der Waals surface area contributed by atoms with Crippen molar-refractivity contribution in [2.75, 3.05) is 45.0 Å². The largest absolute Gasteiger partial charge is 0.491 e. The van der Waals surface area contributed by atoms with Crippen molar-refractivity contribution in [3.05, 3.63) is 90.5 Å².